The summed E-state index contributed by atoms with van der Waals surface area (Å²) >= 11 is 1.16. The van der Waals surface area contributed by atoms with E-state index in [0.29, 0.717) is 18.7 Å². The van der Waals surface area contributed by atoms with E-state index in [1.807, 2.05) is 32.9 Å². The monoisotopic (exact) mass is 367 g/mol. The maximum atomic E-state index is 12.5. The summed E-state index contributed by atoms with van der Waals surface area (Å²) in [6.07, 6.45) is 0.586. The molecule has 2 rings (SSSR count). The molecule has 5 nitrogen and oxygen atoms in total. The fraction of sp³-hybridized carbons (Fsp3) is 0.353. The van der Waals surface area contributed by atoms with E-state index in [4.69, 9.17) is 4.18 Å². The number of carbonyl (C=O) groups excluding carboxylic acids is 1. The zero-order valence-electron chi connectivity index (χ0n) is 14.2. The fourth-order valence-electron chi connectivity index (χ4n) is 2.19. The maximum Gasteiger partial charge on any atom is 0.348 e. The van der Waals surface area contributed by atoms with Gasteiger partial charge in [-0.1, -0.05) is 12.1 Å². The first-order valence-electron chi connectivity index (χ1n) is 7.55. The molecule has 24 heavy (non-hydrogen) atoms. The molecule has 2 aromatic rings. The average molecular weight is 367 g/mol. The average Bonchev–Trinajstić information content (AvgIpc) is 2.97. The highest BCUT2D eigenvalue weighted by Gasteiger charge is 2.22. The van der Waals surface area contributed by atoms with E-state index >= 15 is 0 Å². The minimum atomic E-state index is -3.86. The van der Waals surface area contributed by atoms with Crippen LogP contribution in [-0.2, 0) is 21.3 Å². The highest BCUT2D eigenvalue weighted by molar-refractivity contribution is 7.89. The van der Waals surface area contributed by atoms with Gasteiger partial charge in [0.1, 0.15) is 5.75 Å². The third-order valence-electron chi connectivity index (χ3n) is 3.70. The Kier molecular flexibility index (Phi) is 5.66. The smallest absolute Gasteiger partial charge is 0.348 e. The highest BCUT2D eigenvalue weighted by Crippen LogP contribution is 2.31. The minimum absolute atomic E-state index is 0.104. The van der Waals surface area contributed by atoms with Crippen molar-refractivity contribution >= 4 is 27.4 Å². The van der Waals surface area contributed by atoms with Crippen LogP contribution in [0, 0.1) is 20.8 Å². The zero-order valence-corrected chi connectivity index (χ0v) is 15.8. The summed E-state index contributed by atoms with van der Waals surface area (Å²) in [4.78, 5) is 11.7. The van der Waals surface area contributed by atoms with Crippen molar-refractivity contribution in [2.75, 3.05) is 6.54 Å². The second kappa shape index (κ2) is 7.36. The third kappa shape index (κ3) is 4.36. The SMILES string of the molecule is CC(=O)NCCc1ccc(S(=O)(=O)Oc2c(C)ccc(C)c2C)s1. The molecule has 0 unspecified atom stereocenters. The standard InChI is InChI=1S/C17H21NO4S2/c1-11-5-6-12(2)17(13(11)3)22-24(20,21)16-8-7-15(23-16)9-10-18-14(4)19/h5-8H,9-10H2,1-4H3,(H,18,19). The van der Waals surface area contributed by atoms with E-state index in [0.717, 1.165) is 32.9 Å². The molecule has 1 amide bonds. The quantitative estimate of drug-likeness (QED) is 0.796. The number of thiophene rings is 1. The summed E-state index contributed by atoms with van der Waals surface area (Å²) in [5, 5.41) is 2.69. The summed E-state index contributed by atoms with van der Waals surface area (Å²) in [5.41, 5.74) is 2.58. The largest absolute Gasteiger partial charge is 0.378 e. The van der Waals surface area contributed by atoms with Gasteiger partial charge in [-0.15, -0.1) is 11.3 Å². The second-order valence-corrected chi connectivity index (χ2v) is 8.59. The van der Waals surface area contributed by atoms with Crippen LogP contribution in [0.25, 0.3) is 0 Å². The van der Waals surface area contributed by atoms with Gasteiger partial charge < -0.3 is 9.50 Å². The van der Waals surface area contributed by atoms with Crippen LogP contribution in [0.4, 0.5) is 0 Å². The van der Waals surface area contributed by atoms with Crippen LogP contribution in [-0.4, -0.2) is 20.9 Å². The fourth-order valence-corrected chi connectivity index (χ4v) is 4.55. The van der Waals surface area contributed by atoms with Gasteiger partial charge in [0.05, 0.1) is 0 Å². The van der Waals surface area contributed by atoms with Gasteiger partial charge in [0, 0.05) is 18.3 Å². The Hall–Kier alpha value is -1.86. The molecule has 130 valence electrons. The lowest BCUT2D eigenvalue weighted by Gasteiger charge is -2.12. The third-order valence-corrected chi connectivity index (χ3v) is 6.51. The number of nitrogens with one attached hydrogen (secondary N) is 1. The molecule has 1 aromatic heterocycles. The molecule has 0 fully saturated rings. The molecule has 0 spiro atoms. The van der Waals surface area contributed by atoms with Crippen molar-refractivity contribution in [3.05, 3.63) is 45.8 Å². The molecule has 0 aliphatic carbocycles. The number of hydrogen-bond acceptors (Lipinski definition) is 5. The lowest BCUT2D eigenvalue weighted by Crippen LogP contribution is -2.22. The van der Waals surface area contributed by atoms with Gasteiger partial charge in [-0.3, -0.25) is 4.79 Å². The molecule has 1 N–H and O–H groups in total. The predicted molar refractivity (Wildman–Crippen MR) is 95.2 cm³/mol. The summed E-state index contributed by atoms with van der Waals surface area (Å²) in [6.45, 7) is 7.52. The van der Waals surface area contributed by atoms with Crippen LogP contribution in [0.2, 0.25) is 0 Å². The Labute approximate surface area is 146 Å². The summed E-state index contributed by atoms with van der Waals surface area (Å²) in [6, 6.07) is 7.08. The van der Waals surface area contributed by atoms with Crippen molar-refractivity contribution in [3.8, 4) is 5.75 Å². The normalized spacial score (nSPS) is 11.3. The van der Waals surface area contributed by atoms with Crippen LogP contribution in [0.15, 0.2) is 28.5 Å². The minimum Gasteiger partial charge on any atom is -0.378 e. The number of hydrogen-bond donors (Lipinski definition) is 1. The van der Waals surface area contributed by atoms with Gasteiger partial charge in [0.25, 0.3) is 0 Å². The van der Waals surface area contributed by atoms with E-state index in [9.17, 15) is 13.2 Å². The van der Waals surface area contributed by atoms with Crippen LogP contribution in [0.3, 0.4) is 0 Å². The van der Waals surface area contributed by atoms with Crippen molar-refractivity contribution in [2.45, 2.75) is 38.3 Å². The Morgan fingerprint density at radius 3 is 2.46 bits per heavy atom. The van der Waals surface area contributed by atoms with Crippen LogP contribution < -0.4 is 9.50 Å². The summed E-state index contributed by atoms with van der Waals surface area (Å²) < 4.78 is 30.6. The first-order valence-corrected chi connectivity index (χ1v) is 9.77. The molecule has 7 heteroatoms. The molecule has 0 bridgehead atoms. The molecular formula is C17H21NO4S2. The van der Waals surface area contributed by atoms with E-state index in [-0.39, 0.29) is 10.1 Å². The predicted octanol–water partition coefficient (Wildman–Crippen LogP) is 3.12. The molecule has 1 heterocycles. The summed E-state index contributed by atoms with van der Waals surface area (Å²) in [5.74, 6) is 0.288. The molecule has 0 atom stereocenters. The molecule has 0 saturated carbocycles. The van der Waals surface area contributed by atoms with E-state index in [1.54, 1.807) is 12.1 Å². The van der Waals surface area contributed by atoms with E-state index in [2.05, 4.69) is 5.32 Å². The van der Waals surface area contributed by atoms with Crippen molar-refractivity contribution in [2.24, 2.45) is 0 Å². The lowest BCUT2D eigenvalue weighted by molar-refractivity contribution is -0.118. The molecule has 0 aliphatic rings. The van der Waals surface area contributed by atoms with E-state index < -0.39 is 10.1 Å². The molecule has 1 aromatic carbocycles. The van der Waals surface area contributed by atoms with Crippen LogP contribution >= 0.6 is 11.3 Å². The highest BCUT2D eigenvalue weighted by atomic mass is 32.3. The number of aryl methyl sites for hydroxylation is 2. The first kappa shape index (κ1) is 18.5. The van der Waals surface area contributed by atoms with Gasteiger partial charge >= 0.3 is 10.1 Å². The first-order chi connectivity index (χ1) is 11.2. The Balaban J connectivity index is 2.18. The van der Waals surface area contributed by atoms with Crippen molar-refractivity contribution in [3.63, 3.8) is 0 Å². The number of carbonyl (C=O) groups is 1. The van der Waals surface area contributed by atoms with Gasteiger partial charge in [0.2, 0.25) is 5.91 Å². The maximum absolute atomic E-state index is 12.5. The topological polar surface area (TPSA) is 72.5 Å². The Morgan fingerprint density at radius 2 is 1.79 bits per heavy atom. The second-order valence-electron chi connectivity index (χ2n) is 5.64. The van der Waals surface area contributed by atoms with Crippen LogP contribution in [0.1, 0.15) is 28.5 Å². The molecular weight excluding hydrogens is 346 g/mol. The van der Waals surface area contributed by atoms with Gasteiger partial charge in [-0.25, -0.2) is 0 Å². The lowest BCUT2D eigenvalue weighted by atomic mass is 10.1. The van der Waals surface area contributed by atoms with Crippen LogP contribution in [0.5, 0.6) is 5.75 Å². The molecule has 0 radical (unpaired) electrons. The Morgan fingerprint density at radius 1 is 1.12 bits per heavy atom. The molecule has 0 aliphatic heterocycles. The van der Waals surface area contributed by atoms with E-state index in [1.165, 1.54) is 6.92 Å². The van der Waals surface area contributed by atoms with Crippen molar-refractivity contribution < 1.29 is 17.4 Å². The number of rotatable bonds is 6. The van der Waals surface area contributed by atoms with Crippen molar-refractivity contribution in [1.82, 2.24) is 5.32 Å². The van der Waals surface area contributed by atoms with Gasteiger partial charge in [-0.2, -0.15) is 8.42 Å². The van der Waals surface area contributed by atoms with Gasteiger partial charge in [-0.05, 0) is 56.0 Å². The Bertz CT molecular complexity index is 853. The number of benzene rings is 1. The molecule has 0 saturated heterocycles. The van der Waals surface area contributed by atoms with Crippen molar-refractivity contribution in [1.29, 1.82) is 0 Å². The zero-order chi connectivity index (χ0) is 17.9. The summed E-state index contributed by atoms with van der Waals surface area (Å²) in [7, 11) is -3.86. The van der Waals surface area contributed by atoms with Gasteiger partial charge in [0.15, 0.2) is 4.21 Å². The number of amides is 1.